The van der Waals surface area contributed by atoms with E-state index in [0.29, 0.717) is 23.5 Å². The van der Waals surface area contributed by atoms with Crippen molar-refractivity contribution in [1.82, 2.24) is 15.0 Å². The molecule has 5 aliphatic rings. The topological polar surface area (TPSA) is 38.7 Å². The Morgan fingerprint density at radius 3 is 1.68 bits per heavy atom. The minimum absolute atomic E-state index is 0.0420. The molecule has 4 saturated carbocycles. The second kappa shape index (κ2) is 10.8. The summed E-state index contributed by atoms with van der Waals surface area (Å²) in [5.41, 5.74) is 11.4. The second-order valence-corrected chi connectivity index (χ2v) is 15.2. The minimum Gasteiger partial charge on any atom is -0.208 e. The van der Waals surface area contributed by atoms with E-state index in [9.17, 15) is 0 Å². The summed E-state index contributed by atoms with van der Waals surface area (Å²) < 4.78 is 0. The number of hydrogen-bond donors (Lipinski definition) is 0. The number of aromatic nitrogens is 3. The summed E-state index contributed by atoms with van der Waals surface area (Å²) in [4.78, 5) is 15.7. The van der Waals surface area contributed by atoms with Crippen LogP contribution in [-0.2, 0) is 5.41 Å². The Labute approximate surface area is 293 Å². The molecule has 240 valence electrons. The van der Waals surface area contributed by atoms with Gasteiger partial charge in [0.25, 0.3) is 0 Å². The van der Waals surface area contributed by atoms with E-state index in [1.54, 1.807) is 5.56 Å². The highest BCUT2D eigenvalue weighted by molar-refractivity contribution is 6.01. The van der Waals surface area contributed by atoms with Crippen LogP contribution in [0.5, 0.6) is 0 Å². The van der Waals surface area contributed by atoms with E-state index in [0.717, 1.165) is 34.4 Å². The zero-order valence-corrected chi connectivity index (χ0v) is 28.0. The Balaban J connectivity index is 1.14. The van der Waals surface area contributed by atoms with E-state index in [1.807, 2.05) is 6.07 Å². The van der Waals surface area contributed by atoms with Gasteiger partial charge in [0, 0.05) is 22.1 Å². The van der Waals surface area contributed by atoms with Crippen molar-refractivity contribution in [3.8, 4) is 56.4 Å². The predicted molar refractivity (Wildman–Crippen MR) is 202 cm³/mol. The van der Waals surface area contributed by atoms with Crippen LogP contribution >= 0.6 is 0 Å². The molecule has 1 heterocycles. The summed E-state index contributed by atoms with van der Waals surface area (Å²) in [5.74, 6) is 5.29. The molecule has 3 heteroatoms. The highest BCUT2D eigenvalue weighted by Crippen LogP contribution is 2.70. The third kappa shape index (κ3) is 4.07. The first-order valence-electron chi connectivity index (χ1n) is 18.4. The third-order valence-electron chi connectivity index (χ3n) is 12.7. The normalized spacial score (nSPS) is 24.1. The first-order valence-corrected chi connectivity index (χ1v) is 18.4. The highest BCUT2D eigenvalue weighted by Gasteiger charge is 2.62. The van der Waals surface area contributed by atoms with Crippen LogP contribution in [0.4, 0.5) is 0 Å². The maximum atomic E-state index is 5.32. The lowest BCUT2D eigenvalue weighted by atomic mass is 9.43. The molecule has 5 aliphatic carbocycles. The van der Waals surface area contributed by atoms with Crippen LogP contribution < -0.4 is 0 Å². The molecule has 1 spiro atoms. The maximum Gasteiger partial charge on any atom is 0.164 e. The molecule has 0 amide bonds. The fourth-order valence-corrected chi connectivity index (χ4v) is 11.0. The Bertz CT molecular complexity index is 2400. The van der Waals surface area contributed by atoms with Gasteiger partial charge in [-0.25, -0.2) is 15.0 Å². The summed E-state index contributed by atoms with van der Waals surface area (Å²) in [5, 5.41) is 2.78. The van der Waals surface area contributed by atoms with E-state index >= 15 is 0 Å². The standard InChI is InChI=1S/C47H37N3/c1-3-10-31(11-4-1)32-18-20-35(21-19-32)45-48-44(34-13-5-2-6-14-34)49-46(50-45)40-16-9-17-41-42(40)39-23-22-33-12-7-8-15-38(33)43(39)47(41)36-25-29-24-30(27-36)28-37(47)26-29/h1-23,29-30,36-37H,24-28H2. The van der Waals surface area contributed by atoms with E-state index < -0.39 is 0 Å². The fraction of sp³-hybridized carbons (Fsp3) is 0.213. The molecule has 12 rings (SSSR count). The van der Waals surface area contributed by atoms with Crippen LogP contribution in [0.15, 0.2) is 140 Å². The van der Waals surface area contributed by atoms with Crippen LogP contribution in [-0.4, -0.2) is 15.0 Å². The molecule has 1 aromatic heterocycles. The first-order chi connectivity index (χ1) is 24.7. The average molecular weight is 644 g/mol. The van der Waals surface area contributed by atoms with Gasteiger partial charge in [-0.2, -0.15) is 0 Å². The molecular formula is C47H37N3. The summed E-state index contributed by atoms with van der Waals surface area (Å²) in [6, 6.07) is 50.4. The first kappa shape index (κ1) is 28.4. The van der Waals surface area contributed by atoms with Gasteiger partial charge in [0.1, 0.15) is 0 Å². The van der Waals surface area contributed by atoms with Crippen molar-refractivity contribution in [2.24, 2.45) is 23.7 Å². The molecule has 7 aromatic rings. The monoisotopic (exact) mass is 643 g/mol. The van der Waals surface area contributed by atoms with Crippen molar-refractivity contribution in [1.29, 1.82) is 0 Å². The molecule has 4 bridgehead atoms. The zero-order chi connectivity index (χ0) is 32.8. The van der Waals surface area contributed by atoms with E-state index in [2.05, 4.69) is 133 Å². The third-order valence-corrected chi connectivity index (χ3v) is 12.7. The van der Waals surface area contributed by atoms with Crippen LogP contribution in [0.25, 0.3) is 67.2 Å². The van der Waals surface area contributed by atoms with Crippen LogP contribution in [0, 0.1) is 23.7 Å². The quantitative estimate of drug-likeness (QED) is 0.192. The lowest BCUT2D eigenvalue weighted by Crippen LogP contribution is -2.55. The van der Waals surface area contributed by atoms with Crippen LogP contribution in [0.3, 0.4) is 0 Å². The lowest BCUT2D eigenvalue weighted by molar-refractivity contribution is -0.0393. The Morgan fingerprint density at radius 2 is 0.980 bits per heavy atom. The smallest absolute Gasteiger partial charge is 0.164 e. The van der Waals surface area contributed by atoms with Crippen molar-refractivity contribution >= 4 is 10.8 Å². The molecule has 0 aliphatic heterocycles. The Kier molecular flexibility index (Phi) is 6.14. The maximum absolute atomic E-state index is 5.32. The largest absolute Gasteiger partial charge is 0.208 e. The molecule has 0 unspecified atom stereocenters. The minimum atomic E-state index is 0.0420. The van der Waals surface area contributed by atoms with Gasteiger partial charge in [0.15, 0.2) is 17.5 Å². The Hall–Kier alpha value is -5.41. The van der Waals surface area contributed by atoms with Gasteiger partial charge in [-0.15, -0.1) is 0 Å². The van der Waals surface area contributed by atoms with Gasteiger partial charge < -0.3 is 0 Å². The number of benzene rings is 6. The lowest BCUT2D eigenvalue weighted by Gasteiger charge is -2.61. The van der Waals surface area contributed by atoms with Crippen LogP contribution in [0.2, 0.25) is 0 Å². The van der Waals surface area contributed by atoms with Gasteiger partial charge in [-0.1, -0.05) is 140 Å². The molecule has 0 radical (unpaired) electrons. The van der Waals surface area contributed by atoms with Gasteiger partial charge in [-0.3, -0.25) is 0 Å². The molecule has 0 N–H and O–H groups in total. The number of rotatable bonds is 4. The van der Waals surface area contributed by atoms with Gasteiger partial charge in [-0.05, 0) is 99.9 Å². The van der Waals surface area contributed by atoms with Crippen molar-refractivity contribution in [3.63, 3.8) is 0 Å². The van der Waals surface area contributed by atoms with Crippen molar-refractivity contribution in [3.05, 3.63) is 151 Å². The summed E-state index contributed by atoms with van der Waals surface area (Å²) >= 11 is 0. The van der Waals surface area contributed by atoms with Crippen molar-refractivity contribution in [2.75, 3.05) is 0 Å². The zero-order valence-electron chi connectivity index (χ0n) is 28.0. The molecule has 50 heavy (non-hydrogen) atoms. The average Bonchev–Trinajstić information content (AvgIpc) is 3.49. The SMILES string of the molecule is c1ccc(-c2ccc(-c3nc(-c4ccccc4)nc(-c4cccc5c4-c4ccc6ccccc6c4C54C5CC6CC(C5)CC4C6)n3)cc2)cc1. The molecule has 6 aromatic carbocycles. The number of nitrogens with zero attached hydrogens (tertiary/aromatic N) is 3. The van der Waals surface area contributed by atoms with Gasteiger partial charge in [0.2, 0.25) is 0 Å². The van der Waals surface area contributed by atoms with E-state index in [4.69, 9.17) is 15.0 Å². The second-order valence-electron chi connectivity index (χ2n) is 15.2. The molecular weight excluding hydrogens is 607 g/mol. The van der Waals surface area contributed by atoms with Gasteiger partial charge in [0.05, 0.1) is 0 Å². The van der Waals surface area contributed by atoms with Gasteiger partial charge >= 0.3 is 0 Å². The fourth-order valence-electron chi connectivity index (χ4n) is 11.0. The van der Waals surface area contributed by atoms with E-state index in [-0.39, 0.29) is 5.41 Å². The molecule has 3 nitrogen and oxygen atoms in total. The summed E-state index contributed by atoms with van der Waals surface area (Å²) in [7, 11) is 0. The van der Waals surface area contributed by atoms with Crippen molar-refractivity contribution in [2.45, 2.75) is 37.5 Å². The number of hydrogen-bond acceptors (Lipinski definition) is 3. The van der Waals surface area contributed by atoms with Crippen LogP contribution in [0.1, 0.15) is 43.2 Å². The highest BCUT2D eigenvalue weighted by atomic mass is 15.0. The molecule has 0 atom stereocenters. The summed E-state index contributed by atoms with van der Waals surface area (Å²) in [6.45, 7) is 0. The summed E-state index contributed by atoms with van der Waals surface area (Å²) in [6.07, 6.45) is 6.86. The molecule has 0 saturated heterocycles. The number of fused-ring (bicyclic) bond motifs is 5. The van der Waals surface area contributed by atoms with Crippen molar-refractivity contribution < 1.29 is 0 Å². The van der Waals surface area contributed by atoms with E-state index in [1.165, 1.54) is 70.7 Å². The Morgan fingerprint density at radius 1 is 0.420 bits per heavy atom. The predicted octanol–water partition coefficient (Wildman–Crippen LogP) is 11.4. The molecule has 4 fully saturated rings.